The summed E-state index contributed by atoms with van der Waals surface area (Å²) in [6.07, 6.45) is 1.04. The molecule has 0 aromatic carbocycles. The van der Waals surface area contributed by atoms with E-state index in [1.165, 1.54) is 4.68 Å². The van der Waals surface area contributed by atoms with Crippen molar-refractivity contribution in [3.8, 4) is 0 Å². The monoisotopic (exact) mass is 306 g/mol. The Morgan fingerprint density at radius 3 is 2.94 bits per heavy atom. The number of amides is 1. The fourth-order valence-corrected chi connectivity index (χ4v) is 1.58. The summed E-state index contributed by atoms with van der Waals surface area (Å²) < 4.78 is 1.25. The van der Waals surface area contributed by atoms with Crippen molar-refractivity contribution in [1.29, 1.82) is 0 Å². The van der Waals surface area contributed by atoms with E-state index in [0.717, 1.165) is 6.20 Å². The van der Waals surface area contributed by atoms with Crippen LogP contribution in [0.15, 0.2) is 6.20 Å². The van der Waals surface area contributed by atoms with Gasteiger partial charge in [-0.05, 0) is 0 Å². The molecule has 9 heteroatoms. The first-order valence-corrected chi connectivity index (χ1v) is 5.89. The predicted octanol–water partition coefficient (Wildman–Crippen LogP) is -0.0917. The minimum atomic E-state index is -0.661. The number of carbonyl (C=O) groups is 1. The first kappa shape index (κ1) is 13.6. The maximum absolute atomic E-state index is 11.7. The van der Waals surface area contributed by atoms with Crippen LogP contribution in [0.3, 0.4) is 0 Å². The lowest BCUT2D eigenvalue weighted by Gasteiger charge is -2.05. The van der Waals surface area contributed by atoms with Gasteiger partial charge >= 0.3 is 5.69 Å². The number of aromatic nitrogens is 2. The van der Waals surface area contributed by atoms with E-state index in [0.29, 0.717) is 11.9 Å². The first-order valence-electron chi connectivity index (χ1n) is 4.77. The van der Waals surface area contributed by atoms with E-state index >= 15 is 0 Å². The average molecular weight is 307 g/mol. The molecule has 8 nitrogen and oxygen atoms in total. The summed E-state index contributed by atoms with van der Waals surface area (Å²) in [5.41, 5.74) is -0.454. The van der Waals surface area contributed by atoms with Gasteiger partial charge in [-0.2, -0.15) is 5.10 Å². The molecule has 1 aromatic rings. The molecule has 1 heterocycles. The number of carbonyl (C=O) groups excluding carboxylic acids is 1. The highest BCUT2D eigenvalue weighted by Gasteiger charge is 2.26. The molecular weight excluding hydrogens is 296 g/mol. The van der Waals surface area contributed by atoms with E-state index in [4.69, 9.17) is 5.11 Å². The van der Waals surface area contributed by atoms with Gasteiger partial charge in [-0.1, -0.05) is 15.9 Å². The van der Waals surface area contributed by atoms with E-state index in [2.05, 4.69) is 26.3 Å². The van der Waals surface area contributed by atoms with Gasteiger partial charge in [0.2, 0.25) is 5.69 Å². The number of halogens is 1. The third kappa shape index (κ3) is 3.24. The lowest BCUT2D eigenvalue weighted by molar-refractivity contribution is -0.385. The maximum atomic E-state index is 11.7. The molecule has 0 radical (unpaired) electrons. The van der Waals surface area contributed by atoms with Crippen LogP contribution < -0.4 is 5.32 Å². The zero-order valence-electron chi connectivity index (χ0n) is 8.80. The zero-order valence-corrected chi connectivity index (χ0v) is 10.4. The van der Waals surface area contributed by atoms with Crippen LogP contribution in [0.25, 0.3) is 0 Å². The Morgan fingerprint density at radius 1 is 1.71 bits per heavy atom. The average Bonchev–Trinajstić information content (AvgIpc) is 2.70. The van der Waals surface area contributed by atoms with Crippen molar-refractivity contribution in [2.45, 2.75) is 6.54 Å². The molecule has 0 aliphatic rings. The smallest absolute Gasteiger partial charge is 0.320 e. The van der Waals surface area contributed by atoms with E-state index < -0.39 is 10.8 Å². The van der Waals surface area contributed by atoms with Gasteiger partial charge in [0.15, 0.2) is 0 Å². The molecule has 17 heavy (non-hydrogen) atoms. The lowest BCUT2D eigenvalue weighted by atomic mass is 10.3. The number of nitrogens with zero attached hydrogens (tertiary/aromatic N) is 3. The highest BCUT2D eigenvalue weighted by molar-refractivity contribution is 9.09. The molecule has 94 valence electrons. The summed E-state index contributed by atoms with van der Waals surface area (Å²) in [7, 11) is 0. The van der Waals surface area contributed by atoms with Crippen molar-refractivity contribution in [3.05, 3.63) is 22.0 Å². The van der Waals surface area contributed by atoms with Crippen LogP contribution in [-0.4, -0.2) is 44.2 Å². The Kier molecular flexibility index (Phi) is 5.04. The molecule has 2 N–H and O–H groups in total. The second-order valence-electron chi connectivity index (χ2n) is 3.03. The molecule has 0 fully saturated rings. The highest BCUT2D eigenvalue weighted by atomic mass is 79.9. The van der Waals surface area contributed by atoms with Gasteiger partial charge in [0.05, 0.1) is 18.1 Å². The Balaban J connectivity index is 3.03. The Morgan fingerprint density at radius 2 is 2.41 bits per heavy atom. The molecule has 1 rings (SSSR count). The van der Waals surface area contributed by atoms with Gasteiger partial charge in [-0.25, -0.2) is 0 Å². The van der Waals surface area contributed by atoms with Crippen LogP contribution in [0.5, 0.6) is 0 Å². The molecule has 0 saturated heterocycles. The molecule has 0 saturated carbocycles. The summed E-state index contributed by atoms with van der Waals surface area (Å²) in [5, 5.41) is 26.0. The second kappa shape index (κ2) is 6.30. The molecule has 0 aliphatic heterocycles. The lowest BCUT2D eigenvalue weighted by Crippen LogP contribution is -2.29. The number of hydrogen-bond donors (Lipinski definition) is 2. The van der Waals surface area contributed by atoms with Gasteiger partial charge in [-0.3, -0.25) is 19.6 Å². The number of rotatable bonds is 6. The molecule has 0 atom stereocenters. The van der Waals surface area contributed by atoms with Crippen molar-refractivity contribution in [3.63, 3.8) is 0 Å². The Labute approximate surface area is 105 Å². The summed E-state index contributed by atoms with van der Waals surface area (Å²) in [6, 6.07) is 0. The van der Waals surface area contributed by atoms with Crippen LogP contribution in [0.1, 0.15) is 10.5 Å². The van der Waals surface area contributed by atoms with Gasteiger partial charge in [0, 0.05) is 11.9 Å². The Hall–Kier alpha value is -1.48. The SMILES string of the molecule is O=C(NCCO)c1c([N+](=O)[O-])cnn1CCBr. The van der Waals surface area contributed by atoms with Gasteiger partial charge in [-0.15, -0.1) is 0 Å². The van der Waals surface area contributed by atoms with Crippen LogP contribution in [0, 0.1) is 10.1 Å². The van der Waals surface area contributed by atoms with E-state index in [1.54, 1.807) is 0 Å². The van der Waals surface area contributed by atoms with Crippen LogP contribution in [0.4, 0.5) is 5.69 Å². The standard InChI is InChI=1S/C8H11BrN4O4/c9-1-3-12-7(8(15)10-2-4-14)6(5-11-12)13(16)17/h5,14H,1-4H2,(H,10,15). The van der Waals surface area contributed by atoms with Gasteiger partial charge < -0.3 is 10.4 Å². The third-order valence-electron chi connectivity index (χ3n) is 1.93. The van der Waals surface area contributed by atoms with Crippen molar-refractivity contribution >= 4 is 27.5 Å². The second-order valence-corrected chi connectivity index (χ2v) is 3.82. The number of nitrogens with one attached hydrogen (secondary N) is 1. The molecule has 0 spiro atoms. The molecule has 0 unspecified atom stereocenters. The normalized spacial score (nSPS) is 10.2. The third-order valence-corrected chi connectivity index (χ3v) is 2.28. The first-order chi connectivity index (χ1) is 8.11. The summed E-state index contributed by atoms with van der Waals surface area (Å²) in [5.74, 6) is -0.621. The minimum absolute atomic E-state index is 0.0372. The topological polar surface area (TPSA) is 110 Å². The number of hydrogen-bond acceptors (Lipinski definition) is 5. The number of aliphatic hydroxyl groups is 1. The molecule has 1 aromatic heterocycles. The van der Waals surface area contributed by atoms with Crippen LogP contribution in [-0.2, 0) is 6.54 Å². The number of alkyl halides is 1. The number of aliphatic hydroxyl groups excluding tert-OH is 1. The van der Waals surface area contributed by atoms with E-state index in [1.807, 2.05) is 0 Å². The maximum Gasteiger partial charge on any atom is 0.320 e. The van der Waals surface area contributed by atoms with E-state index in [-0.39, 0.29) is 24.5 Å². The fraction of sp³-hybridized carbons (Fsp3) is 0.500. The number of nitro groups is 1. The summed E-state index contributed by atoms with van der Waals surface area (Å²) >= 11 is 3.17. The minimum Gasteiger partial charge on any atom is -0.395 e. The molecule has 0 aliphatic carbocycles. The van der Waals surface area contributed by atoms with Crippen molar-refractivity contribution < 1.29 is 14.8 Å². The molecule has 0 bridgehead atoms. The number of aryl methyl sites for hydroxylation is 1. The largest absolute Gasteiger partial charge is 0.395 e. The van der Waals surface area contributed by atoms with Crippen molar-refractivity contribution in [1.82, 2.24) is 15.1 Å². The van der Waals surface area contributed by atoms with Crippen molar-refractivity contribution in [2.75, 3.05) is 18.5 Å². The quantitative estimate of drug-likeness (QED) is 0.433. The molecule has 1 amide bonds. The summed E-state index contributed by atoms with van der Waals surface area (Å²) in [6.45, 7) is 0.150. The summed E-state index contributed by atoms with van der Waals surface area (Å²) in [4.78, 5) is 21.8. The van der Waals surface area contributed by atoms with Gasteiger partial charge in [0.25, 0.3) is 5.91 Å². The molecular formula is C8H11BrN4O4. The van der Waals surface area contributed by atoms with E-state index in [9.17, 15) is 14.9 Å². The van der Waals surface area contributed by atoms with Crippen LogP contribution in [0.2, 0.25) is 0 Å². The zero-order chi connectivity index (χ0) is 12.8. The van der Waals surface area contributed by atoms with Gasteiger partial charge in [0.1, 0.15) is 6.20 Å². The Bertz CT molecular complexity index is 420. The fourth-order valence-electron chi connectivity index (χ4n) is 1.25. The predicted molar refractivity (Wildman–Crippen MR) is 62.1 cm³/mol. The highest BCUT2D eigenvalue weighted by Crippen LogP contribution is 2.17. The van der Waals surface area contributed by atoms with Crippen LogP contribution >= 0.6 is 15.9 Å². The van der Waals surface area contributed by atoms with Crippen molar-refractivity contribution in [2.24, 2.45) is 0 Å².